The van der Waals surface area contributed by atoms with Crippen LogP contribution in [0, 0.1) is 6.92 Å². The largest absolute Gasteiger partial charge is 0.193 e. The van der Waals surface area contributed by atoms with Gasteiger partial charge < -0.3 is 0 Å². The lowest BCUT2D eigenvalue weighted by Crippen LogP contribution is -1.80. The summed E-state index contributed by atoms with van der Waals surface area (Å²) in [6.07, 6.45) is 0. The molecule has 0 amide bonds. The Kier molecular flexibility index (Phi) is 1.92. The Bertz CT molecular complexity index is 365. The SMILES string of the molecule is Cc1ccccc1-c1ccsn1. The topological polar surface area (TPSA) is 12.9 Å². The first-order valence-corrected chi connectivity index (χ1v) is 4.68. The van der Waals surface area contributed by atoms with Crippen molar-refractivity contribution in [2.45, 2.75) is 6.92 Å². The molecule has 0 N–H and O–H groups in total. The maximum Gasteiger partial charge on any atom is 0.0843 e. The van der Waals surface area contributed by atoms with E-state index in [1.807, 2.05) is 23.6 Å². The molecule has 0 radical (unpaired) electrons. The van der Waals surface area contributed by atoms with E-state index in [4.69, 9.17) is 0 Å². The predicted octanol–water partition coefficient (Wildman–Crippen LogP) is 3.12. The molecular formula is C10H9NS. The van der Waals surface area contributed by atoms with E-state index in [-0.39, 0.29) is 0 Å². The van der Waals surface area contributed by atoms with Gasteiger partial charge >= 0.3 is 0 Å². The van der Waals surface area contributed by atoms with Crippen molar-refractivity contribution < 1.29 is 0 Å². The third-order valence-electron chi connectivity index (χ3n) is 1.86. The quantitative estimate of drug-likeness (QED) is 0.649. The van der Waals surface area contributed by atoms with E-state index >= 15 is 0 Å². The Morgan fingerprint density at radius 1 is 1.17 bits per heavy atom. The van der Waals surface area contributed by atoms with Gasteiger partial charge in [0.1, 0.15) is 0 Å². The smallest absolute Gasteiger partial charge is 0.0843 e. The standard InChI is InChI=1S/C10H9NS/c1-8-4-2-3-5-9(8)10-6-7-12-11-10/h2-7H,1H3. The molecule has 1 aromatic heterocycles. The highest BCUT2D eigenvalue weighted by Crippen LogP contribution is 2.21. The Morgan fingerprint density at radius 3 is 2.67 bits per heavy atom. The van der Waals surface area contributed by atoms with Crippen LogP contribution in [0.2, 0.25) is 0 Å². The second-order valence-corrected chi connectivity index (χ2v) is 3.37. The Hall–Kier alpha value is -1.15. The third kappa shape index (κ3) is 1.25. The molecule has 2 heteroatoms. The highest BCUT2D eigenvalue weighted by atomic mass is 32.1. The predicted molar refractivity (Wildman–Crippen MR) is 52.3 cm³/mol. The minimum Gasteiger partial charge on any atom is -0.193 e. The summed E-state index contributed by atoms with van der Waals surface area (Å²) in [6.45, 7) is 2.11. The maximum absolute atomic E-state index is 4.29. The fourth-order valence-corrected chi connectivity index (χ4v) is 1.74. The van der Waals surface area contributed by atoms with Crippen molar-refractivity contribution in [1.29, 1.82) is 0 Å². The van der Waals surface area contributed by atoms with Crippen molar-refractivity contribution in [2.24, 2.45) is 0 Å². The lowest BCUT2D eigenvalue weighted by Gasteiger charge is -1.99. The molecule has 0 aliphatic rings. The van der Waals surface area contributed by atoms with Gasteiger partial charge in [-0.2, -0.15) is 4.37 Å². The van der Waals surface area contributed by atoms with Crippen LogP contribution in [0.25, 0.3) is 11.3 Å². The summed E-state index contributed by atoms with van der Waals surface area (Å²) in [5, 5.41) is 2.00. The van der Waals surface area contributed by atoms with Crippen molar-refractivity contribution in [3.8, 4) is 11.3 Å². The minimum absolute atomic E-state index is 1.08. The summed E-state index contributed by atoms with van der Waals surface area (Å²) in [6, 6.07) is 10.3. The van der Waals surface area contributed by atoms with Gasteiger partial charge in [0.2, 0.25) is 0 Å². The van der Waals surface area contributed by atoms with Crippen molar-refractivity contribution in [3.63, 3.8) is 0 Å². The van der Waals surface area contributed by atoms with Crippen LogP contribution in [0.15, 0.2) is 35.7 Å². The number of nitrogens with zero attached hydrogens (tertiary/aromatic N) is 1. The van der Waals surface area contributed by atoms with Gasteiger partial charge in [-0.25, -0.2) is 0 Å². The van der Waals surface area contributed by atoms with Gasteiger partial charge in [-0.3, -0.25) is 0 Å². The average molecular weight is 175 g/mol. The highest BCUT2D eigenvalue weighted by Gasteiger charge is 2.00. The molecule has 12 heavy (non-hydrogen) atoms. The van der Waals surface area contributed by atoms with Gasteiger partial charge in [0.25, 0.3) is 0 Å². The molecule has 60 valence electrons. The molecule has 0 atom stereocenters. The van der Waals surface area contributed by atoms with Crippen LogP contribution in [-0.4, -0.2) is 4.37 Å². The van der Waals surface area contributed by atoms with Crippen LogP contribution in [0.3, 0.4) is 0 Å². The molecule has 0 aliphatic carbocycles. The summed E-state index contributed by atoms with van der Waals surface area (Å²) >= 11 is 1.49. The van der Waals surface area contributed by atoms with Crippen LogP contribution in [0.1, 0.15) is 5.56 Å². The number of rotatable bonds is 1. The summed E-state index contributed by atoms with van der Waals surface area (Å²) in [5.74, 6) is 0. The molecule has 1 nitrogen and oxygen atoms in total. The average Bonchev–Trinajstić information content (AvgIpc) is 2.57. The summed E-state index contributed by atoms with van der Waals surface area (Å²) in [5.41, 5.74) is 3.60. The molecule has 2 aromatic rings. The zero-order valence-corrected chi connectivity index (χ0v) is 7.64. The molecular weight excluding hydrogens is 166 g/mol. The first kappa shape index (κ1) is 7.50. The van der Waals surface area contributed by atoms with E-state index in [1.54, 1.807) is 0 Å². The molecule has 0 aliphatic heterocycles. The first-order chi connectivity index (χ1) is 5.88. The third-order valence-corrected chi connectivity index (χ3v) is 2.42. The fourth-order valence-electron chi connectivity index (χ4n) is 1.21. The van der Waals surface area contributed by atoms with E-state index in [1.165, 1.54) is 22.7 Å². The highest BCUT2D eigenvalue weighted by molar-refractivity contribution is 7.03. The Morgan fingerprint density at radius 2 is 2.00 bits per heavy atom. The van der Waals surface area contributed by atoms with E-state index in [0.29, 0.717) is 0 Å². The minimum atomic E-state index is 1.08. The van der Waals surface area contributed by atoms with Crippen molar-refractivity contribution in [1.82, 2.24) is 4.37 Å². The second-order valence-electron chi connectivity index (χ2n) is 2.70. The van der Waals surface area contributed by atoms with Gasteiger partial charge in [0.05, 0.1) is 5.69 Å². The van der Waals surface area contributed by atoms with Crippen LogP contribution in [-0.2, 0) is 0 Å². The first-order valence-electron chi connectivity index (χ1n) is 3.84. The number of hydrogen-bond donors (Lipinski definition) is 0. The number of aromatic nitrogens is 1. The van der Waals surface area contributed by atoms with Gasteiger partial charge in [-0.05, 0) is 30.1 Å². The normalized spacial score (nSPS) is 10.1. The van der Waals surface area contributed by atoms with E-state index in [2.05, 4.69) is 23.4 Å². The van der Waals surface area contributed by atoms with Gasteiger partial charge in [0, 0.05) is 10.9 Å². The summed E-state index contributed by atoms with van der Waals surface area (Å²) in [4.78, 5) is 0. The van der Waals surface area contributed by atoms with Crippen LogP contribution in [0.5, 0.6) is 0 Å². The molecule has 2 rings (SSSR count). The zero-order chi connectivity index (χ0) is 8.39. The second kappa shape index (κ2) is 3.07. The zero-order valence-electron chi connectivity index (χ0n) is 6.82. The van der Waals surface area contributed by atoms with E-state index in [9.17, 15) is 0 Å². The van der Waals surface area contributed by atoms with Crippen molar-refractivity contribution >= 4 is 11.5 Å². The summed E-state index contributed by atoms with van der Waals surface area (Å²) in [7, 11) is 0. The van der Waals surface area contributed by atoms with E-state index < -0.39 is 0 Å². The number of aryl methyl sites for hydroxylation is 1. The molecule has 0 bridgehead atoms. The Balaban J connectivity index is 2.55. The number of benzene rings is 1. The lowest BCUT2D eigenvalue weighted by atomic mass is 10.1. The van der Waals surface area contributed by atoms with Crippen LogP contribution in [0.4, 0.5) is 0 Å². The monoisotopic (exact) mass is 175 g/mol. The van der Waals surface area contributed by atoms with Gasteiger partial charge in [-0.15, -0.1) is 0 Å². The van der Waals surface area contributed by atoms with E-state index in [0.717, 1.165) is 5.69 Å². The maximum atomic E-state index is 4.29. The molecule has 0 fully saturated rings. The molecule has 0 saturated heterocycles. The van der Waals surface area contributed by atoms with Crippen LogP contribution < -0.4 is 0 Å². The lowest BCUT2D eigenvalue weighted by molar-refractivity contribution is 1.42. The molecule has 1 heterocycles. The molecule has 0 saturated carbocycles. The van der Waals surface area contributed by atoms with Gasteiger partial charge in [-0.1, -0.05) is 24.3 Å². The molecule has 0 unspecified atom stereocenters. The number of hydrogen-bond acceptors (Lipinski definition) is 2. The van der Waals surface area contributed by atoms with Crippen LogP contribution >= 0.6 is 11.5 Å². The van der Waals surface area contributed by atoms with Crippen molar-refractivity contribution in [2.75, 3.05) is 0 Å². The Labute approximate surface area is 75.9 Å². The summed E-state index contributed by atoms with van der Waals surface area (Å²) < 4.78 is 4.29. The molecule has 0 spiro atoms. The molecule has 1 aromatic carbocycles. The fraction of sp³-hybridized carbons (Fsp3) is 0.100. The van der Waals surface area contributed by atoms with Crippen molar-refractivity contribution in [3.05, 3.63) is 41.3 Å². The van der Waals surface area contributed by atoms with Gasteiger partial charge in [0.15, 0.2) is 0 Å².